The van der Waals surface area contributed by atoms with Crippen LogP contribution in [0.5, 0.6) is 0 Å². The molecule has 0 bridgehead atoms. The number of anilines is 1. The van der Waals surface area contributed by atoms with Crippen LogP contribution < -0.4 is 10.9 Å². The molecule has 2 heterocycles. The van der Waals surface area contributed by atoms with Gasteiger partial charge in [-0.25, -0.2) is 9.07 Å². The van der Waals surface area contributed by atoms with E-state index in [1.807, 2.05) is 13.8 Å². The number of carbonyl (C=O) groups is 1. The second-order valence-electron chi connectivity index (χ2n) is 7.00. The smallest absolute Gasteiger partial charge is 0.276 e. The van der Waals surface area contributed by atoms with Crippen molar-refractivity contribution in [1.29, 1.82) is 0 Å². The fraction of sp³-hybridized carbons (Fsp3) is 0.200. The normalized spacial score (nSPS) is 11.2. The fourth-order valence-electron chi connectivity index (χ4n) is 3.12. The van der Waals surface area contributed by atoms with Gasteiger partial charge in [-0.3, -0.25) is 9.59 Å². The third-order valence-corrected chi connectivity index (χ3v) is 4.59. The topological polar surface area (TPSA) is 108 Å². The van der Waals surface area contributed by atoms with Crippen LogP contribution >= 0.6 is 0 Å². The third-order valence-electron chi connectivity index (χ3n) is 4.59. The Labute approximate surface area is 170 Å². The van der Waals surface area contributed by atoms with Crippen LogP contribution in [0.4, 0.5) is 10.1 Å². The van der Waals surface area contributed by atoms with E-state index < -0.39 is 11.7 Å². The predicted molar refractivity (Wildman–Crippen MR) is 108 cm³/mol. The summed E-state index contributed by atoms with van der Waals surface area (Å²) in [5, 5.41) is 18.9. The summed E-state index contributed by atoms with van der Waals surface area (Å²) in [6.07, 6.45) is 0. The zero-order valence-electron chi connectivity index (χ0n) is 16.5. The number of aromatic nitrogens is 6. The van der Waals surface area contributed by atoms with Crippen LogP contribution in [0.25, 0.3) is 16.5 Å². The average Bonchev–Trinajstić information content (AvgIpc) is 3.15. The van der Waals surface area contributed by atoms with E-state index in [2.05, 4.69) is 25.9 Å². The highest BCUT2D eigenvalue weighted by Gasteiger charge is 2.19. The highest BCUT2D eigenvalue weighted by molar-refractivity contribution is 6.11. The van der Waals surface area contributed by atoms with Crippen molar-refractivity contribution in [1.82, 2.24) is 30.0 Å². The number of benzene rings is 2. The van der Waals surface area contributed by atoms with Crippen molar-refractivity contribution in [3.63, 3.8) is 0 Å². The fourth-order valence-corrected chi connectivity index (χ4v) is 3.12. The molecule has 0 saturated heterocycles. The number of rotatable bonds is 4. The summed E-state index contributed by atoms with van der Waals surface area (Å²) in [4.78, 5) is 25.7. The predicted octanol–water partition coefficient (Wildman–Crippen LogP) is 2.65. The van der Waals surface area contributed by atoms with E-state index in [4.69, 9.17) is 0 Å². The maximum atomic E-state index is 14.3. The van der Waals surface area contributed by atoms with Crippen molar-refractivity contribution in [2.24, 2.45) is 0 Å². The van der Waals surface area contributed by atoms with E-state index in [9.17, 15) is 14.0 Å². The van der Waals surface area contributed by atoms with Gasteiger partial charge in [-0.15, -0.1) is 5.10 Å². The lowest BCUT2D eigenvalue weighted by molar-refractivity contribution is 0.102. The number of aryl methyl sites for hydroxylation is 1. The minimum Gasteiger partial charge on any atom is -0.320 e. The van der Waals surface area contributed by atoms with Gasteiger partial charge in [0.25, 0.3) is 11.5 Å². The molecule has 0 saturated carbocycles. The lowest BCUT2D eigenvalue weighted by Gasteiger charge is -2.14. The molecule has 30 heavy (non-hydrogen) atoms. The number of tetrazole rings is 1. The first-order chi connectivity index (χ1) is 14.4. The molecule has 0 radical (unpaired) electrons. The molecule has 0 spiro atoms. The summed E-state index contributed by atoms with van der Waals surface area (Å²) >= 11 is 0. The molecule has 0 fully saturated rings. The van der Waals surface area contributed by atoms with Crippen LogP contribution in [0, 0.1) is 12.7 Å². The SMILES string of the molecule is Cc1nnnn1-c1cc(NC(=O)c2nn(C(C)C)c(=O)c3ccccc23)ccc1F. The van der Waals surface area contributed by atoms with Crippen molar-refractivity contribution in [2.75, 3.05) is 5.32 Å². The zero-order valence-corrected chi connectivity index (χ0v) is 16.5. The Morgan fingerprint density at radius 2 is 1.87 bits per heavy atom. The third kappa shape index (κ3) is 3.32. The molecule has 0 atom stereocenters. The van der Waals surface area contributed by atoms with Gasteiger partial charge in [0, 0.05) is 11.1 Å². The largest absolute Gasteiger partial charge is 0.320 e. The molecule has 1 amide bonds. The molecule has 1 N–H and O–H groups in total. The average molecular weight is 407 g/mol. The number of hydrogen-bond donors (Lipinski definition) is 1. The van der Waals surface area contributed by atoms with Gasteiger partial charge in [0.2, 0.25) is 0 Å². The molecule has 9 nitrogen and oxygen atoms in total. The van der Waals surface area contributed by atoms with Crippen LogP contribution in [0.1, 0.15) is 36.2 Å². The molecule has 4 rings (SSSR count). The van der Waals surface area contributed by atoms with Gasteiger partial charge in [-0.1, -0.05) is 18.2 Å². The number of amides is 1. The molecular weight excluding hydrogens is 389 g/mol. The molecule has 10 heteroatoms. The summed E-state index contributed by atoms with van der Waals surface area (Å²) in [5.41, 5.74) is 0.262. The van der Waals surface area contributed by atoms with E-state index in [-0.39, 0.29) is 23.0 Å². The molecule has 2 aromatic carbocycles. The first-order valence-corrected chi connectivity index (χ1v) is 9.24. The van der Waals surface area contributed by atoms with Gasteiger partial charge >= 0.3 is 0 Å². The Morgan fingerprint density at radius 3 is 2.53 bits per heavy atom. The Kier molecular flexibility index (Phi) is 4.82. The molecule has 0 aliphatic carbocycles. The number of nitrogens with one attached hydrogen (secondary N) is 1. The van der Waals surface area contributed by atoms with Crippen LogP contribution in [0.15, 0.2) is 47.3 Å². The van der Waals surface area contributed by atoms with E-state index in [0.29, 0.717) is 22.3 Å². The number of nitrogens with zero attached hydrogens (tertiary/aromatic N) is 6. The first-order valence-electron chi connectivity index (χ1n) is 9.24. The molecule has 0 unspecified atom stereocenters. The number of fused-ring (bicyclic) bond motifs is 1. The van der Waals surface area contributed by atoms with Gasteiger partial charge in [0.1, 0.15) is 11.5 Å². The maximum Gasteiger partial charge on any atom is 0.276 e. The van der Waals surface area contributed by atoms with Gasteiger partial charge in [-0.05, 0) is 55.5 Å². The van der Waals surface area contributed by atoms with Gasteiger partial charge < -0.3 is 5.32 Å². The van der Waals surface area contributed by atoms with Crippen LogP contribution in [0.2, 0.25) is 0 Å². The van der Waals surface area contributed by atoms with Crippen molar-refractivity contribution in [3.05, 3.63) is 70.2 Å². The van der Waals surface area contributed by atoms with Crippen LogP contribution in [-0.2, 0) is 0 Å². The highest BCUT2D eigenvalue weighted by atomic mass is 19.1. The lowest BCUT2D eigenvalue weighted by atomic mass is 10.1. The molecule has 4 aromatic rings. The summed E-state index contributed by atoms with van der Waals surface area (Å²) in [6.45, 7) is 5.26. The Balaban J connectivity index is 1.77. The second-order valence-corrected chi connectivity index (χ2v) is 7.00. The van der Waals surface area contributed by atoms with Crippen LogP contribution in [-0.4, -0.2) is 35.9 Å². The van der Waals surface area contributed by atoms with Crippen LogP contribution in [0.3, 0.4) is 0 Å². The summed E-state index contributed by atoms with van der Waals surface area (Å²) in [5.74, 6) is -0.666. The first kappa shape index (κ1) is 19.4. The second kappa shape index (κ2) is 7.47. The standard InChI is InChI=1S/C20H18FN7O2/c1-11(2)27-20(30)15-7-5-4-6-14(15)18(24-27)19(29)22-13-8-9-16(21)17(10-13)28-12(3)23-25-26-28/h4-11H,1-3H3,(H,22,29). The van der Waals surface area contributed by atoms with Gasteiger partial charge in [0.05, 0.1) is 11.4 Å². The zero-order chi connectivity index (χ0) is 21.4. The highest BCUT2D eigenvalue weighted by Crippen LogP contribution is 2.21. The lowest BCUT2D eigenvalue weighted by Crippen LogP contribution is -2.29. The van der Waals surface area contributed by atoms with Gasteiger partial charge in [-0.2, -0.15) is 9.78 Å². The Bertz CT molecular complexity index is 1330. The number of halogens is 1. The van der Waals surface area contributed by atoms with Crippen molar-refractivity contribution >= 4 is 22.4 Å². The van der Waals surface area contributed by atoms with E-state index in [1.54, 1.807) is 31.2 Å². The van der Waals surface area contributed by atoms with E-state index in [1.165, 1.54) is 27.6 Å². The molecule has 0 aliphatic rings. The summed E-state index contributed by atoms with van der Waals surface area (Å²) in [7, 11) is 0. The minimum absolute atomic E-state index is 0.0975. The summed E-state index contributed by atoms with van der Waals surface area (Å²) < 4.78 is 16.8. The minimum atomic E-state index is -0.541. The number of hydrogen-bond acceptors (Lipinski definition) is 6. The van der Waals surface area contributed by atoms with E-state index >= 15 is 0 Å². The summed E-state index contributed by atoms with van der Waals surface area (Å²) in [6, 6.07) is 10.6. The molecular formula is C20H18FN7O2. The maximum absolute atomic E-state index is 14.3. The number of carbonyl (C=O) groups excluding carboxylic acids is 1. The Morgan fingerprint density at radius 1 is 1.13 bits per heavy atom. The van der Waals surface area contributed by atoms with Gasteiger partial charge in [0.15, 0.2) is 11.5 Å². The van der Waals surface area contributed by atoms with Crippen molar-refractivity contribution in [2.45, 2.75) is 26.8 Å². The molecule has 0 aliphatic heterocycles. The monoisotopic (exact) mass is 407 g/mol. The molecule has 152 valence electrons. The quantitative estimate of drug-likeness (QED) is 0.557. The van der Waals surface area contributed by atoms with E-state index in [0.717, 1.165) is 0 Å². The Hall–Kier alpha value is -3.95. The van der Waals surface area contributed by atoms with Crippen molar-refractivity contribution < 1.29 is 9.18 Å². The van der Waals surface area contributed by atoms with Crippen molar-refractivity contribution in [3.8, 4) is 5.69 Å². The molecule has 2 aromatic heterocycles.